The number of halogens is 1. The molecule has 22 heavy (non-hydrogen) atoms. The van der Waals surface area contributed by atoms with Gasteiger partial charge in [0.2, 0.25) is 0 Å². The number of guanidine groups is 1. The van der Waals surface area contributed by atoms with Gasteiger partial charge in [0.25, 0.3) is 0 Å². The molecule has 0 unspecified atom stereocenters. The summed E-state index contributed by atoms with van der Waals surface area (Å²) in [6, 6.07) is 8.17. The van der Waals surface area contributed by atoms with E-state index in [0.717, 1.165) is 35.5 Å². The Kier molecular flexibility index (Phi) is 7.37. The molecule has 120 valence electrons. The lowest BCUT2D eigenvalue weighted by Gasteiger charge is -2.07. The van der Waals surface area contributed by atoms with Crippen LogP contribution in [0.2, 0.25) is 0 Å². The van der Waals surface area contributed by atoms with Gasteiger partial charge in [-0.3, -0.25) is 4.99 Å². The van der Waals surface area contributed by atoms with Crippen LogP contribution in [0.4, 0.5) is 5.69 Å². The number of nitrogens with zero attached hydrogens (tertiary/aromatic N) is 2. The molecular weight excluding hydrogens is 391 g/mol. The van der Waals surface area contributed by atoms with Crippen molar-refractivity contribution in [2.75, 3.05) is 11.9 Å². The first kappa shape index (κ1) is 18.5. The Labute approximate surface area is 148 Å². The van der Waals surface area contributed by atoms with Crippen LogP contribution in [-0.4, -0.2) is 17.7 Å². The smallest absolute Gasteiger partial charge is 0.193 e. The van der Waals surface area contributed by atoms with Gasteiger partial charge in [-0.25, -0.2) is 0 Å². The van der Waals surface area contributed by atoms with Crippen molar-refractivity contribution in [3.63, 3.8) is 0 Å². The Balaban J connectivity index is 0.00000242. The molecule has 0 aliphatic rings. The lowest BCUT2D eigenvalue weighted by molar-refractivity contribution is 0.392. The first-order valence-electron chi connectivity index (χ1n) is 7.17. The molecule has 2 aromatic rings. The third-order valence-corrected chi connectivity index (χ3v) is 3.43. The van der Waals surface area contributed by atoms with E-state index in [2.05, 4.69) is 34.5 Å². The SMILES string of the molecule is CCc1cccc(NC(N)=NCCc2c(C)noc2C)c1.I. The molecule has 0 radical (unpaired) electrons. The van der Waals surface area contributed by atoms with Gasteiger partial charge in [0.1, 0.15) is 5.76 Å². The second-order valence-corrected chi connectivity index (χ2v) is 5.00. The highest BCUT2D eigenvalue weighted by Gasteiger charge is 2.07. The maximum Gasteiger partial charge on any atom is 0.193 e. The van der Waals surface area contributed by atoms with E-state index in [1.165, 1.54) is 5.56 Å². The Hall–Kier alpha value is -1.57. The number of anilines is 1. The molecule has 0 aliphatic heterocycles. The molecule has 2 rings (SSSR count). The summed E-state index contributed by atoms with van der Waals surface area (Å²) in [7, 11) is 0. The Morgan fingerprint density at radius 3 is 2.77 bits per heavy atom. The lowest BCUT2D eigenvalue weighted by atomic mass is 10.1. The summed E-state index contributed by atoms with van der Waals surface area (Å²) in [6.45, 7) is 6.58. The van der Waals surface area contributed by atoms with Gasteiger partial charge in [-0.05, 0) is 44.4 Å². The van der Waals surface area contributed by atoms with E-state index in [1.807, 2.05) is 26.0 Å². The van der Waals surface area contributed by atoms with E-state index >= 15 is 0 Å². The number of benzene rings is 1. The molecule has 1 heterocycles. The van der Waals surface area contributed by atoms with Crippen LogP contribution in [0.25, 0.3) is 0 Å². The number of aryl methyl sites for hydroxylation is 3. The van der Waals surface area contributed by atoms with Crippen LogP contribution < -0.4 is 11.1 Å². The summed E-state index contributed by atoms with van der Waals surface area (Å²) in [5.41, 5.74) is 10.2. The van der Waals surface area contributed by atoms with E-state index in [0.29, 0.717) is 12.5 Å². The van der Waals surface area contributed by atoms with Crippen LogP contribution in [-0.2, 0) is 12.8 Å². The maximum atomic E-state index is 5.91. The molecule has 0 saturated carbocycles. The van der Waals surface area contributed by atoms with Crippen molar-refractivity contribution < 1.29 is 4.52 Å². The molecule has 5 nitrogen and oxygen atoms in total. The minimum absolute atomic E-state index is 0. The third-order valence-electron chi connectivity index (χ3n) is 3.43. The highest BCUT2D eigenvalue weighted by Crippen LogP contribution is 2.13. The van der Waals surface area contributed by atoms with Crippen molar-refractivity contribution in [1.82, 2.24) is 5.16 Å². The Morgan fingerprint density at radius 1 is 1.36 bits per heavy atom. The van der Waals surface area contributed by atoms with Crippen molar-refractivity contribution in [2.24, 2.45) is 10.7 Å². The van der Waals surface area contributed by atoms with E-state index in [4.69, 9.17) is 10.3 Å². The predicted molar refractivity (Wildman–Crippen MR) is 101 cm³/mol. The van der Waals surface area contributed by atoms with Crippen LogP contribution in [0.5, 0.6) is 0 Å². The molecular formula is C16H23IN4O. The number of rotatable bonds is 5. The largest absolute Gasteiger partial charge is 0.370 e. The number of nitrogens with two attached hydrogens (primary N) is 1. The molecule has 0 atom stereocenters. The van der Waals surface area contributed by atoms with Crippen molar-refractivity contribution in [3.05, 3.63) is 46.8 Å². The summed E-state index contributed by atoms with van der Waals surface area (Å²) < 4.78 is 5.13. The zero-order valence-corrected chi connectivity index (χ0v) is 15.5. The van der Waals surface area contributed by atoms with Crippen LogP contribution in [0.3, 0.4) is 0 Å². The average Bonchev–Trinajstić information content (AvgIpc) is 2.79. The summed E-state index contributed by atoms with van der Waals surface area (Å²) in [4.78, 5) is 4.35. The number of hydrogen-bond donors (Lipinski definition) is 2. The van der Waals surface area contributed by atoms with Gasteiger partial charge in [0.05, 0.1) is 5.69 Å². The molecule has 1 aromatic heterocycles. The number of aliphatic imine (C=N–C) groups is 1. The quantitative estimate of drug-likeness (QED) is 0.447. The zero-order valence-electron chi connectivity index (χ0n) is 13.2. The average molecular weight is 414 g/mol. The van der Waals surface area contributed by atoms with Crippen LogP contribution in [0.1, 0.15) is 29.5 Å². The fraction of sp³-hybridized carbons (Fsp3) is 0.375. The van der Waals surface area contributed by atoms with Gasteiger partial charge in [-0.2, -0.15) is 0 Å². The van der Waals surface area contributed by atoms with E-state index in [-0.39, 0.29) is 24.0 Å². The van der Waals surface area contributed by atoms with E-state index < -0.39 is 0 Å². The van der Waals surface area contributed by atoms with E-state index in [1.54, 1.807) is 0 Å². The first-order chi connectivity index (χ1) is 10.1. The van der Waals surface area contributed by atoms with Crippen molar-refractivity contribution in [3.8, 4) is 0 Å². The third kappa shape index (κ3) is 5.01. The van der Waals surface area contributed by atoms with Gasteiger partial charge < -0.3 is 15.6 Å². The standard InChI is InChI=1S/C16H22N4O.HI/c1-4-13-6-5-7-14(10-13)19-16(17)18-9-8-15-11(2)20-21-12(15)3;/h5-7,10H,4,8-9H2,1-3H3,(H3,17,18,19);1H. The molecule has 6 heteroatoms. The van der Waals surface area contributed by atoms with Crippen molar-refractivity contribution in [2.45, 2.75) is 33.6 Å². The van der Waals surface area contributed by atoms with Gasteiger partial charge >= 0.3 is 0 Å². The fourth-order valence-electron chi connectivity index (χ4n) is 2.20. The Bertz CT molecular complexity index is 617. The molecule has 1 aromatic carbocycles. The van der Waals surface area contributed by atoms with Crippen LogP contribution in [0, 0.1) is 13.8 Å². The molecule has 0 saturated heterocycles. The second-order valence-electron chi connectivity index (χ2n) is 5.00. The zero-order chi connectivity index (χ0) is 15.2. The molecule has 0 amide bonds. The summed E-state index contributed by atoms with van der Waals surface area (Å²) in [5.74, 6) is 1.28. The summed E-state index contributed by atoms with van der Waals surface area (Å²) in [5, 5.41) is 7.05. The van der Waals surface area contributed by atoms with Gasteiger partial charge in [-0.1, -0.05) is 24.2 Å². The van der Waals surface area contributed by atoms with Gasteiger partial charge in [-0.15, -0.1) is 24.0 Å². The van der Waals surface area contributed by atoms with E-state index in [9.17, 15) is 0 Å². The number of hydrogen-bond acceptors (Lipinski definition) is 3. The Morgan fingerprint density at radius 2 is 2.14 bits per heavy atom. The first-order valence-corrected chi connectivity index (χ1v) is 7.17. The highest BCUT2D eigenvalue weighted by atomic mass is 127. The number of nitrogens with one attached hydrogen (secondary N) is 1. The van der Waals surface area contributed by atoms with Gasteiger partial charge in [0, 0.05) is 17.8 Å². The summed E-state index contributed by atoms with van der Waals surface area (Å²) >= 11 is 0. The van der Waals surface area contributed by atoms with Crippen molar-refractivity contribution in [1.29, 1.82) is 0 Å². The second kappa shape index (κ2) is 8.77. The molecule has 0 bridgehead atoms. The molecule has 3 N–H and O–H groups in total. The molecule has 0 spiro atoms. The topological polar surface area (TPSA) is 76.4 Å². The minimum atomic E-state index is 0. The van der Waals surface area contributed by atoms with Crippen LogP contribution in [0.15, 0.2) is 33.8 Å². The van der Waals surface area contributed by atoms with Gasteiger partial charge in [0.15, 0.2) is 5.96 Å². The summed E-state index contributed by atoms with van der Waals surface area (Å²) in [6.07, 6.45) is 1.77. The minimum Gasteiger partial charge on any atom is -0.370 e. The highest BCUT2D eigenvalue weighted by molar-refractivity contribution is 14.0. The van der Waals surface area contributed by atoms with Crippen molar-refractivity contribution >= 4 is 35.6 Å². The lowest BCUT2D eigenvalue weighted by Crippen LogP contribution is -2.23. The molecule has 0 fully saturated rings. The normalized spacial score (nSPS) is 11.1. The number of aromatic nitrogens is 1. The van der Waals surface area contributed by atoms with Crippen LogP contribution >= 0.6 is 24.0 Å². The monoisotopic (exact) mass is 414 g/mol. The maximum absolute atomic E-state index is 5.91. The molecule has 0 aliphatic carbocycles. The fourth-order valence-corrected chi connectivity index (χ4v) is 2.20. The predicted octanol–water partition coefficient (Wildman–Crippen LogP) is 3.44.